The Morgan fingerprint density at radius 2 is 1.80 bits per heavy atom. The van der Waals surface area contributed by atoms with E-state index in [1.54, 1.807) is 30.2 Å². The summed E-state index contributed by atoms with van der Waals surface area (Å²) in [5.74, 6) is 0.726. The third kappa shape index (κ3) is 4.33. The lowest BCUT2D eigenvalue weighted by Crippen LogP contribution is -2.42. The van der Waals surface area contributed by atoms with Crippen LogP contribution in [0.25, 0.3) is 0 Å². The number of sulfonamides is 1. The van der Waals surface area contributed by atoms with Gasteiger partial charge in [-0.3, -0.25) is 4.79 Å². The molecule has 1 aliphatic rings. The van der Waals surface area contributed by atoms with E-state index in [1.165, 1.54) is 4.31 Å². The standard InChI is InChI=1S/C18H28N2O4S/c1-14-13-15(7-8-16(14)24-5)25(22,23)20-10-6-9-19(11-12-20)17(21)18(2,3)4/h7-8,13H,6,9-12H2,1-5H3. The molecule has 140 valence electrons. The zero-order valence-electron chi connectivity index (χ0n) is 15.7. The van der Waals surface area contributed by atoms with Crippen molar-refractivity contribution >= 4 is 15.9 Å². The highest BCUT2D eigenvalue weighted by molar-refractivity contribution is 7.89. The number of hydrogen-bond acceptors (Lipinski definition) is 4. The lowest BCUT2D eigenvalue weighted by atomic mass is 9.94. The lowest BCUT2D eigenvalue weighted by molar-refractivity contribution is -0.139. The van der Waals surface area contributed by atoms with Gasteiger partial charge in [-0.1, -0.05) is 20.8 Å². The Bertz CT molecular complexity index is 738. The van der Waals surface area contributed by atoms with Crippen LogP contribution in [0.5, 0.6) is 5.75 Å². The second kappa shape index (κ2) is 7.33. The van der Waals surface area contributed by atoms with Gasteiger partial charge in [0, 0.05) is 31.6 Å². The van der Waals surface area contributed by atoms with Gasteiger partial charge in [-0.2, -0.15) is 4.31 Å². The Kier molecular flexibility index (Phi) is 5.79. The van der Waals surface area contributed by atoms with E-state index in [4.69, 9.17) is 4.74 Å². The highest BCUT2D eigenvalue weighted by Crippen LogP contribution is 2.25. The molecule has 7 heteroatoms. The minimum atomic E-state index is -3.58. The maximum atomic E-state index is 12.9. The van der Waals surface area contributed by atoms with Crippen LogP contribution in [0.2, 0.25) is 0 Å². The normalized spacial score (nSPS) is 17.2. The largest absolute Gasteiger partial charge is 0.496 e. The molecule has 6 nitrogen and oxygen atoms in total. The molecule has 1 aliphatic heterocycles. The van der Waals surface area contributed by atoms with Crippen LogP contribution in [0.1, 0.15) is 32.8 Å². The van der Waals surface area contributed by atoms with Crippen LogP contribution in [-0.2, 0) is 14.8 Å². The summed E-state index contributed by atoms with van der Waals surface area (Å²) in [6.45, 7) is 9.22. The van der Waals surface area contributed by atoms with Crippen LogP contribution in [0.15, 0.2) is 23.1 Å². The second-order valence-corrected chi connectivity index (χ2v) is 9.37. The van der Waals surface area contributed by atoms with Gasteiger partial charge in [-0.15, -0.1) is 0 Å². The number of carbonyl (C=O) groups is 1. The molecule has 1 aromatic carbocycles. The third-order valence-corrected chi connectivity index (χ3v) is 6.28. The van der Waals surface area contributed by atoms with Gasteiger partial charge >= 0.3 is 0 Å². The molecule has 0 spiro atoms. The van der Waals surface area contributed by atoms with Crippen molar-refractivity contribution in [1.29, 1.82) is 0 Å². The summed E-state index contributed by atoms with van der Waals surface area (Å²) in [6.07, 6.45) is 0.635. The SMILES string of the molecule is COc1ccc(S(=O)(=O)N2CCCN(C(=O)C(C)(C)C)CC2)cc1C. The van der Waals surface area contributed by atoms with Gasteiger partial charge in [0.15, 0.2) is 0 Å². The number of amides is 1. The quantitative estimate of drug-likeness (QED) is 0.821. The van der Waals surface area contributed by atoms with Crippen LogP contribution < -0.4 is 4.74 Å². The molecule has 25 heavy (non-hydrogen) atoms. The molecule has 0 aliphatic carbocycles. The number of carbonyl (C=O) groups excluding carboxylic acids is 1. The number of benzene rings is 1. The van der Waals surface area contributed by atoms with Crippen LogP contribution >= 0.6 is 0 Å². The Morgan fingerprint density at radius 1 is 1.12 bits per heavy atom. The first-order valence-electron chi connectivity index (χ1n) is 8.51. The first-order chi connectivity index (χ1) is 11.6. The molecule has 1 fully saturated rings. The highest BCUT2D eigenvalue weighted by Gasteiger charge is 2.32. The molecule has 1 aromatic rings. The molecule has 1 heterocycles. The summed E-state index contributed by atoms with van der Waals surface area (Å²) in [5, 5.41) is 0. The molecule has 0 saturated carbocycles. The van der Waals surface area contributed by atoms with E-state index >= 15 is 0 Å². The molecule has 0 aromatic heterocycles. The van der Waals surface area contributed by atoms with E-state index in [1.807, 2.05) is 27.7 Å². The van der Waals surface area contributed by atoms with Gasteiger partial charge in [-0.05, 0) is 37.1 Å². The van der Waals surface area contributed by atoms with Crippen molar-refractivity contribution in [3.63, 3.8) is 0 Å². The molecule has 1 saturated heterocycles. The van der Waals surface area contributed by atoms with Crippen molar-refractivity contribution < 1.29 is 17.9 Å². The third-order valence-electron chi connectivity index (χ3n) is 4.39. The van der Waals surface area contributed by atoms with Gasteiger partial charge in [-0.25, -0.2) is 8.42 Å². The van der Waals surface area contributed by atoms with Gasteiger partial charge < -0.3 is 9.64 Å². The van der Waals surface area contributed by atoms with E-state index < -0.39 is 15.4 Å². The van der Waals surface area contributed by atoms with Gasteiger partial charge in [0.05, 0.1) is 12.0 Å². The first-order valence-corrected chi connectivity index (χ1v) is 9.95. The van der Waals surface area contributed by atoms with Crippen molar-refractivity contribution in [1.82, 2.24) is 9.21 Å². The van der Waals surface area contributed by atoms with Crippen molar-refractivity contribution in [2.45, 2.75) is 39.0 Å². The van der Waals surface area contributed by atoms with Crippen LogP contribution in [-0.4, -0.2) is 56.8 Å². The van der Waals surface area contributed by atoms with Crippen molar-refractivity contribution in [3.8, 4) is 5.75 Å². The predicted octanol–water partition coefficient (Wildman–Crippen LogP) is 2.27. The second-order valence-electron chi connectivity index (χ2n) is 7.43. The highest BCUT2D eigenvalue weighted by atomic mass is 32.2. The topological polar surface area (TPSA) is 66.9 Å². The van der Waals surface area contributed by atoms with E-state index in [9.17, 15) is 13.2 Å². The number of hydrogen-bond donors (Lipinski definition) is 0. The van der Waals surface area contributed by atoms with Gasteiger partial charge in [0.2, 0.25) is 15.9 Å². The van der Waals surface area contributed by atoms with Crippen molar-refractivity contribution in [2.75, 3.05) is 33.3 Å². The number of ether oxygens (including phenoxy) is 1. The van der Waals surface area contributed by atoms with Gasteiger partial charge in [0.1, 0.15) is 5.75 Å². The minimum Gasteiger partial charge on any atom is -0.496 e. The summed E-state index contributed by atoms with van der Waals surface area (Å²) in [7, 11) is -2.02. The van der Waals surface area contributed by atoms with Crippen LogP contribution in [0.3, 0.4) is 0 Å². The van der Waals surface area contributed by atoms with Crippen LogP contribution in [0, 0.1) is 12.3 Å². The van der Waals surface area contributed by atoms with Gasteiger partial charge in [0.25, 0.3) is 0 Å². The summed E-state index contributed by atoms with van der Waals surface area (Å²) >= 11 is 0. The number of nitrogens with zero attached hydrogens (tertiary/aromatic N) is 2. The van der Waals surface area contributed by atoms with Crippen molar-refractivity contribution in [3.05, 3.63) is 23.8 Å². The summed E-state index contributed by atoms with van der Waals surface area (Å²) < 4.78 is 32.6. The number of rotatable bonds is 3. The Labute approximate surface area is 150 Å². The maximum Gasteiger partial charge on any atom is 0.243 e. The summed E-state index contributed by atoms with van der Waals surface area (Å²) in [6, 6.07) is 4.89. The lowest BCUT2D eigenvalue weighted by Gasteiger charge is -2.28. The molecular formula is C18H28N2O4S. The molecular weight excluding hydrogens is 340 g/mol. The number of methoxy groups -OCH3 is 1. The fourth-order valence-electron chi connectivity index (χ4n) is 2.97. The summed E-state index contributed by atoms with van der Waals surface area (Å²) in [4.78, 5) is 14.5. The molecule has 2 rings (SSSR count). The fourth-order valence-corrected chi connectivity index (χ4v) is 4.53. The molecule has 0 unspecified atom stereocenters. The smallest absolute Gasteiger partial charge is 0.243 e. The van der Waals surface area contributed by atoms with E-state index in [2.05, 4.69) is 0 Å². The Balaban J connectivity index is 2.18. The fraction of sp³-hybridized carbons (Fsp3) is 0.611. The zero-order valence-corrected chi connectivity index (χ0v) is 16.5. The molecule has 0 radical (unpaired) electrons. The number of aryl methyl sites for hydroxylation is 1. The summed E-state index contributed by atoms with van der Waals surface area (Å²) in [5.41, 5.74) is 0.323. The Morgan fingerprint density at radius 3 is 2.36 bits per heavy atom. The molecule has 0 bridgehead atoms. The molecule has 0 atom stereocenters. The van der Waals surface area contributed by atoms with E-state index in [0.29, 0.717) is 38.3 Å². The maximum absolute atomic E-state index is 12.9. The first kappa shape index (κ1) is 19.7. The monoisotopic (exact) mass is 368 g/mol. The van der Waals surface area contributed by atoms with Crippen molar-refractivity contribution in [2.24, 2.45) is 5.41 Å². The van der Waals surface area contributed by atoms with E-state index in [0.717, 1.165) is 5.56 Å². The van der Waals surface area contributed by atoms with Crippen LogP contribution in [0.4, 0.5) is 0 Å². The zero-order chi connectivity index (χ0) is 18.8. The predicted molar refractivity (Wildman–Crippen MR) is 97.1 cm³/mol. The minimum absolute atomic E-state index is 0.0621. The Hall–Kier alpha value is -1.60. The average Bonchev–Trinajstić information content (AvgIpc) is 2.79. The molecule has 1 amide bonds. The van der Waals surface area contributed by atoms with E-state index in [-0.39, 0.29) is 10.8 Å². The average molecular weight is 368 g/mol. The molecule has 0 N–H and O–H groups in total.